The third-order valence-corrected chi connectivity index (χ3v) is 5.77. The van der Waals surface area contributed by atoms with Crippen molar-refractivity contribution in [3.63, 3.8) is 0 Å². The van der Waals surface area contributed by atoms with Crippen LogP contribution in [0, 0.1) is 6.92 Å². The average molecular weight is 359 g/mol. The standard InChI is InChI=1S/C18H21N3O3S/c1-12-4-3-7-19-18(12)11-20-25(23,24)17-6-5-14-8-16(21-13(2)22)9-15(14)10-17/h3-7,10,16,20H,8-9,11H2,1-2H3,(H,21,22). The molecule has 2 aromatic rings. The van der Waals surface area contributed by atoms with E-state index in [0.29, 0.717) is 12.1 Å². The molecular weight excluding hydrogens is 338 g/mol. The minimum atomic E-state index is -3.61. The van der Waals surface area contributed by atoms with Gasteiger partial charge in [-0.1, -0.05) is 12.1 Å². The molecule has 0 bridgehead atoms. The van der Waals surface area contributed by atoms with Gasteiger partial charge in [-0.05, 0) is 54.7 Å². The van der Waals surface area contributed by atoms with Crippen LogP contribution in [-0.2, 0) is 34.2 Å². The second-order valence-corrected chi connectivity index (χ2v) is 8.09. The van der Waals surface area contributed by atoms with Gasteiger partial charge in [0.25, 0.3) is 0 Å². The van der Waals surface area contributed by atoms with Gasteiger partial charge in [-0.3, -0.25) is 9.78 Å². The molecule has 1 aliphatic rings. The van der Waals surface area contributed by atoms with Gasteiger partial charge < -0.3 is 5.32 Å². The second kappa shape index (κ2) is 6.93. The van der Waals surface area contributed by atoms with Crippen LogP contribution in [0.3, 0.4) is 0 Å². The van der Waals surface area contributed by atoms with Crippen molar-refractivity contribution >= 4 is 15.9 Å². The van der Waals surface area contributed by atoms with E-state index in [0.717, 1.165) is 23.1 Å². The average Bonchev–Trinajstić information content (AvgIpc) is 2.94. The van der Waals surface area contributed by atoms with Gasteiger partial charge in [-0.15, -0.1) is 0 Å². The number of amides is 1. The van der Waals surface area contributed by atoms with Crippen LogP contribution in [0.1, 0.15) is 29.3 Å². The molecule has 2 N–H and O–H groups in total. The van der Waals surface area contributed by atoms with Gasteiger partial charge in [0.15, 0.2) is 0 Å². The summed E-state index contributed by atoms with van der Waals surface area (Å²) in [6, 6.07) is 8.90. The van der Waals surface area contributed by atoms with E-state index in [1.54, 1.807) is 18.3 Å². The molecule has 0 saturated heterocycles. The quantitative estimate of drug-likeness (QED) is 0.846. The summed E-state index contributed by atoms with van der Waals surface area (Å²) in [7, 11) is -3.61. The van der Waals surface area contributed by atoms with E-state index >= 15 is 0 Å². The topological polar surface area (TPSA) is 88.2 Å². The van der Waals surface area contributed by atoms with Crippen LogP contribution in [0.15, 0.2) is 41.4 Å². The fourth-order valence-corrected chi connectivity index (χ4v) is 4.14. The van der Waals surface area contributed by atoms with Gasteiger partial charge in [-0.25, -0.2) is 13.1 Å². The Balaban J connectivity index is 1.74. The van der Waals surface area contributed by atoms with Crippen molar-refractivity contribution in [1.29, 1.82) is 0 Å². The fraction of sp³-hybridized carbons (Fsp3) is 0.333. The van der Waals surface area contributed by atoms with E-state index < -0.39 is 10.0 Å². The summed E-state index contributed by atoms with van der Waals surface area (Å²) in [4.78, 5) is 15.6. The second-order valence-electron chi connectivity index (χ2n) is 6.33. The maximum absolute atomic E-state index is 12.6. The lowest BCUT2D eigenvalue weighted by molar-refractivity contribution is -0.119. The molecule has 1 atom stereocenters. The summed E-state index contributed by atoms with van der Waals surface area (Å²) in [5.41, 5.74) is 3.70. The highest BCUT2D eigenvalue weighted by molar-refractivity contribution is 7.89. The number of nitrogens with one attached hydrogen (secondary N) is 2. The van der Waals surface area contributed by atoms with Crippen LogP contribution in [0.5, 0.6) is 0 Å². The highest BCUT2D eigenvalue weighted by atomic mass is 32.2. The first kappa shape index (κ1) is 17.6. The number of hydrogen-bond acceptors (Lipinski definition) is 4. The highest BCUT2D eigenvalue weighted by Gasteiger charge is 2.24. The van der Waals surface area contributed by atoms with Crippen molar-refractivity contribution in [1.82, 2.24) is 15.0 Å². The monoisotopic (exact) mass is 359 g/mol. The number of fused-ring (bicyclic) bond motifs is 1. The summed E-state index contributed by atoms with van der Waals surface area (Å²) in [6.07, 6.45) is 3.03. The first-order valence-electron chi connectivity index (χ1n) is 8.14. The van der Waals surface area contributed by atoms with Gasteiger partial charge >= 0.3 is 0 Å². The predicted molar refractivity (Wildman–Crippen MR) is 94.5 cm³/mol. The van der Waals surface area contributed by atoms with E-state index in [4.69, 9.17) is 0 Å². The van der Waals surface area contributed by atoms with Crippen LogP contribution >= 0.6 is 0 Å². The molecule has 1 aliphatic carbocycles. The lowest BCUT2D eigenvalue weighted by Gasteiger charge is -2.09. The summed E-state index contributed by atoms with van der Waals surface area (Å²) in [6.45, 7) is 3.54. The van der Waals surface area contributed by atoms with Gasteiger partial charge in [-0.2, -0.15) is 0 Å². The molecule has 0 fully saturated rings. The zero-order chi connectivity index (χ0) is 18.0. The Morgan fingerprint density at radius 1 is 1.24 bits per heavy atom. The molecule has 7 heteroatoms. The third kappa shape index (κ3) is 4.05. The normalized spacial score (nSPS) is 16.5. The van der Waals surface area contributed by atoms with Crippen molar-refractivity contribution in [2.75, 3.05) is 0 Å². The number of pyridine rings is 1. The van der Waals surface area contributed by atoms with Gasteiger partial charge in [0.1, 0.15) is 0 Å². The van der Waals surface area contributed by atoms with E-state index in [1.165, 1.54) is 6.92 Å². The molecule has 132 valence electrons. The largest absolute Gasteiger partial charge is 0.353 e. The Morgan fingerprint density at radius 3 is 2.72 bits per heavy atom. The van der Waals surface area contributed by atoms with Crippen LogP contribution in [0.4, 0.5) is 0 Å². The van der Waals surface area contributed by atoms with Crippen LogP contribution < -0.4 is 10.0 Å². The number of hydrogen-bond donors (Lipinski definition) is 2. The lowest BCUT2D eigenvalue weighted by Crippen LogP contribution is -2.33. The lowest BCUT2D eigenvalue weighted by atomic mass is 10.1. The van der Waals surface area contributed by atoms with E-state index in [1.807, 2.05) is 25.1 Å². The smallest absolute Gasteiger partial charge is 0.240 e. The van der Waals surface area contributed by atoms with Crippen molar-refractivity contribution < 1.29 is 13.2 Å². The zero-order valence-corrected chi connectivity index (χ0v) is 15.1. The minimum Gasteiger partial charge on any atom is -0.353 e. The molecular formula is C18H21N3O3S. The SMILES string of the molecule is CC(=O)NC1Cc2ccc(S(=O)(=O)NCc3ncccc3C)cc2C1. The number of carbonyl (C=O) groups is 1. The first-order valence-corrected chi connectivity index (χ1v) is 9.62. The summed E-state index contributed by atoms with van der Waals surface area (Å²) in [5.74, 6) is -0.0713. The molecule has 3 rings (SSSR count). The van der Waals surface area contributed by atoms with Gasteiger partial charge in [0.2, 0.25) is 15.9 Å². The third-order valence-electron chi connectivity index (χ3n) is 4.38. The number of aryl methyl sites for hydroxylation is 1. The highest BCUT2D eigenvalue weighted by Crippen LogP contribution is 2.25. The fourth-order valence-electron chi connectivity index (χ4n) is 3.10. The van der Waals surface area contributed by atoms with E-state index in [2.05, 4.69) is 15.0 Å². The molecule has 0 spiro atoms. The maximum atomic E-state index is 12.6. The first-order chi connectivity index (χ1) is 11.8. The summed E-state index contributed by atoms with van der Waals surface area (Å²) in [5, 5.41) is 2.89. The molecule has 1 heterocycles. The van der Waals surface area contributed by atoms with Gasteiger partial charge in [0.05, 0.1) is 17.1 Å². The molecule has 1 amide bonds. The Kier molecular flexibility index (Phi) is 4.87. The Labute approximate surface area is 147 Å². The van der Waals surface area contributed by atoms with Crippen LogP contribution in [0.25, 0.3) is 0 Å². The molecule has 0 radical (unpaired) electrons. The van der Waals surface area contributed by atoms with Gasteiger partial charge in [0, 0.05) is 19.2 Å². The number of rotatable bonds is 5. The number of sulfonamides is 1. The molecule has 0 aliphatic heterocycles. The number of aromatic nitrogens is 1. The molecule has 6 nitrogen and oxygen atoms in total. The Hall–Kier alpha value is -2.25. The van der Waals surface area contributed by atoms with Crippen molar-refractivity contribution in [3.8, 4) is 0 Å². The maximum Gasteiger partial charge on any atom is 0.240 e. The molecule has 1 aromatic carbocycles. The number of carbonyl (C=O) groups excluding carboxylic acids is 1. The predicted octanol–water partition coefficient (Wildman–Crippen LogP) is 1.47. The van der Waals surface area contributed by atoms with Crippen molar-refractivity contribution in [3.05, 3.63) is 58.9 Å². The number of benzene rings is 1. The van der Waals surface area contributed by atoms with Crippen LogP contribution in [-0.4, -0.2) is 25.4 Å². The molecule has 0 saturated carbocycles. The minimum absolute atomic E-state index is 0.0366. The summed E-state index contributed by atoms with van der Waals surface area (Å²) < 4.78 is 27.7. The Morgan fingerprint density at radius 2 is 2.00 bits per heavy atom. The van der Waals surface area contributed by atoms with Crippen LogP contribution in [0.2, 0.25) is 0 Å². The van der Waals surface area contributed by atoms with E-state index in [-0.39, 0.29) is 23.4 Å². The molecule has 1 unspecified atom stereocenters. The molecule has 1 aromatic heterocycles. The summed E-state index contributed by atoms with van der Waals surface area (Å²) >= 11 is 0. The number of nitrogens with zero attached hydrogens (tertiary/aromatic N) is 1. The Bertz CT molecular complexity index is 910. The molecule has 25 heavy (non-hydrogen) atoms. The van der Waals surface area contributed by atoms with E-state index in [9.17, 15) is 13.2 Å². The van der Waals surface area contributed by atoms with Crippen molar-refractivity contribution in [2.24, 2.45) is 0 Å². The van der Waals surface area contributed by atoms with Crippen molar-refractivity contribution in [2.45, 2.75) is 44.2 Å². The zero-order valence-electron chi connectivity index (χ0n) is 14.2.